The molecule has 0 saturated heterocycles. The predicted octanol–water partition coefficient (Wildman–Crippen LogP) is 2.88. The van der Waals surface area contributed by atoms with E-state index in [9.17, 15) is 33.5 Å². The second-order valence-electron chi connectivity index (χ2n) is 10.3. The quantitative estimate of drug-likeness (QED) is 0.184. The molecule has 13 heteroatoms. The number of carbonyl (C=O) groups is 4. The fraction of sp³-hybridized carbons (Fsp3) is 0.630. The van der Waals surface area contributed by atoms with Crippen LogP contribution in [0.5, 0.6) is 0 Å². The molecule has 1 aromatic rings. The van der Waals surface area contributed by atoms with Gasteiger partial charge in [0.15, 0.2) is 0 Å². The first-order valence-electron chi connectivity index (χ1n) is 13.6. The third-order valence-corrected chi connectivity index (χ3v) is 7.37. The van der Waals surface area contributed by atoms with Crippen LogP contribution in [-0.4, -0.2) is 69.5 Å². The van der Waals surface area contributed by atoms with Crippen LogP contribution in [0.2, 0.25) is 0 Å². The molecule has 0 aliphatic rings. The van der Waals surface area contributed by atoms with E-state index in [0.29, 0.717) is 19.3 Å². The van der Waals surface area contributed by atoms with E-state index in [2.05, 4.69) is 16.0 Å². The molecule has 1 rings (SSSR count). The molecule has 0 spiro atoms. The Kier molecular flexibility index (Phi) is 14.9. The number of likely N-dealkylation sites (N-methyl/N-ethyl adjacent to an activating group) is 1. The molecule has 0 saturated carbocycles. The number of ether oxygens (including phenoxy) is 1. The number of carbonyl (C=O) groups excluding carboxylic acids is 4. The van der Waals surface area contributed by atoms with Crippen LogP contribution in [0.4, 0.5) is 4.79 Å². The molecule has 0 radical (unpaired) electrons. The summed E-state index contributed by atoms with van der Waals surface area (Å²) in [4.78, 5) is 71.8. The lowest BCUT2D eigenvalue weighted by molar-refractivity contribution is -0.134. The summed E-state index contributed by atoms with van der Waals surface area (Å²) in [6.45, 7) is 8.68. The summed E-state index contributed by atoms with van der Waals surface area (Å²) in [5.74, 6) is -3.24. The molecule has 0 aliphatic carbocycles. The van der Waals surface area contributed by atoms with E-state index >= 15 is 0 Å². The molecular formula is C27H45N4O8P. The molecule has 0 aromatic heterocycles. The Morgan fingerprint density at radius 2 is 1.38 bits per heavy atom. The van der Waals surface area contributed by atoms with Crippen molar-refractivity contribution in [3.8, 4) is 0 Å². The third kappa shape index (κ3) is 12.1. The SMILES string of the molecule is CCC[C@H](NC(=O)[C@H](CCC)NC(=O)[C@H](CC(C)C)N(C)C(=O)OCc1ccccc1)C(=O)N[C@@H](C)P(=O)(O)O. The number of benzene rings is 1. The second kappa shape index (κ2) is 17.0. The summed E-state index contributed by atoms with van der Waals surface area (Å²) in [7, 11) is -3.09. The van der Waals surface area contributed by atoms with Crippen LogP contribution in [0.15, 0.2) is 30.3 Å². The van der Waals surface area contributed by atoms with E-state index in [-0.39, 0.29) is 25.4 Å². The van der Waals surface area contributed by atoms with Gasteiger partial charge in [-0.15, -0.1) is 0 Å². The maximum atomic E-state index is 13.4. The number of rotatable bonds is 16. The molecule has 4 atom stereocenters. The summed E-state index contributed by atoms with van der Waals surface area (Å²) in [6, 6.07) is 6.19. The highest BCUT2D eigenvalue weighted by atomic mass is 31.2. The van der Waals surface area contributed by atoms with E-state index in [1.807, 2.05) is 51.1 Å². The van der Waals surface area contributed by atoms with Crippen molar-refractivity contribution in [2.45, 2.75) is 97.2 Å². The van der Waals surface area contributed by atoms with E-state index < -0.39 is 55.3 Å². The molecule has 0 fully saturated rings. The van der Waals surface area contributed by atoms with Crippen LogP contribution in [0.3, 0.4) is 0 Å². The number of amides is 4. The zero-order valence-corrected chi connectivity index (χ0v) is 25.1. The summed E-state index contributed by atoms with van der Waals surface area (Å²) in [6.07, 6.45) is 1.20. The van der Waals surface area contributed by atoms with Crippen molar-refractivity contribution >= 4 is 31.4 Å². The summed E-state index contributed by atoms with van der Waals surface area (Å²) in [5, 5.41) is 7.59. The molecule has 40 heavy (non-hydrogen) atoms. The van der Waals surface area contributed by atoms with Crippen molar-refractivity contribution in [3.63, 3.8) is 0 Å². The lowest BCUT2D eigenvalue weighted by Crippen LogP contribution is -2.57. The largest absolute Gasteiger partial charge is 0.445 e. The Balaban J connectivity index is 2.99. The zero-order valence-electron chi connectivity index (χ0n) is 24.3. The van der Waals surface area contributed by atoms with Crippen molar-refractivity contribution in [1.82, 2.24) is 20.9 Å². The molecule has 0 bridgehead atoms. The molecular weight excluding hydrogens is 539 g/mol. The van der Waals surface area contributed by atoms with Crippen LogP contribution in [-0.2, 0) is 30.3 Å². The zero-order chi connectivity index (χ0) is 30.5. The van der Waals surface area contributed by atoms with Crippen LogP contribution >= 0.6 is 7.60 Å². The average molecular weight is 585 g/mol. The van der Waals surface area contributed by atoms with Crippen molar-refractivity contribution in [2.75, 3.05) is 7.05 Å². The maximum absolute atomic E-state index is 13.4. The van der Waals surface area contributed by atoms with Gasteiger partial charge in [-0.25, -0.2) is 4.79 Å². The number of nitrogens with one attached hydrogen (secondary N) is 3. The molecule has 0 aliphatic heterocycles. The normalized spacial score (nSPS) is 14.4. The van der Waals surface area contributed by atoms with Gasteiger partial charge in [0.2, 0.25) is 17.7 Å². The molecule has 0 unspecified atom stereocenters. The standard InChI is InChI=1S/C27H45N4O8P/c1-7-12-21(24(32)28-19(5)40(36,37)38)29-25(33)22(13-8-2)30-26(34)23(16-18(3)4)31(6)27(35)39-17-20-14-10-9-11-15-20/h9-11,14-15,18-19,21-23H,7-8,12-13,16-17H2,1-6H3,(H,28,32)(H,29,33)(H,30,34)(H2,36,37,38)/t19-,21+,22+,23+/m1/s1. The van der Waals surface area contributed by atoms with Gasteiger partial charge in [-0.05, 0) is 37.7 Å². The molecule has 0 heterocycles. The van der Waals surface area contributed by atoms with Crippen molar-refractivity contribution in [2.24, 2.45) is 5.92 Å². The van der Waals surface area contributed by atoms with Gasteiger partial charge in [-0.2, -0.15) is 0 Å². The minimum Gasteiger partial charge on any atom is -0.445 e. The van der Waals surface area contributed by atoms with Crippen molar-refractivity contribution in [1.29, 1.82) is 0 Å². The Labute approximate surface area is 236 Å². The second-order valence-corrected chi connectivity index (χ2v) is 12.2. The summed E-state index contributed by atoms with van der Waals surface area (Å²) < 4.78 is 16.8. The lowest BCUT2D eigenvalue weighted by Gasteiger charge is -2.30. The van der Waals surface area contributed by atoms with Gasteiger partial charge in [0, 0.05) is 7.05 Å². The lowest BCUT2D eigenvalue weighted by atomic mass is 10.0. The Morgan fingerprint density at radius 3 is 1.85 bits per heavy atom. The van der Waals surface area contributed by atoms with Crippen LogP contribution < -0.4 is 16.0 Å². The summed E-state index contributed by atoms with van der Waals surface area (Å²) >= 11 is 0. The maximum Gasteiger partial charge on any atom is 0.410 e. The fourth-order valence-corrected chi connectivity index (χ4v) is 4.18. The van der Waals surface area contributed by atoms with Gasteiger partial charge in [0.05, 0.1) is 0 Å². The van der Waals surface area contributed by atoms with Crippen LogP contribution in [0.1, 0.15) is 72.3 Å². The van der Waals surface area contributed by atoms with E-state index in [0.717, 1.165) is 5.56 Å². The highest BCUT2D eigenvalue weighted by Crippen LogP contribution is 2.39. The monoisotopic (exact) mass is 584 g/mol. The predicted molar refractivity (Wildman–Crippen MR) is 151 cm³/mol. The van der Waals surface area contributed by atoms with E-state index in [1.165, 1.54) is 18.9 Å². The molecule has 1 aromatic carbocycles. The van der Waals surface area contributed by atoms with Gasteiger partial charge < -0.3 is 30.5 Å². The first kappa shape index (κ1) is 35.1. The van der Waals surface area contributed by atoms with Gasteiger partial charge in [0.1, 0.15) is 30.5 Å². The molecule has 5 N–H and O–H groups in total. The highest BCUT2D eigenvalue weighted by molar-refractivity contribution is 7.52. The minimum atomic E-state index is -4.56. The number of hydrogen-bond acceptors (Lipinski definition) is 6. The van der Waals surface area contributed by atoms with Gasteiger partial charge in [-0.1, -0.05) is 70.9 Å². The van der Waals surface area contributed by atoms with Crippen LogP contribution in [0, 0.1) is 5.92 Å². The Hall–Kier alpha value is -2.95. The molecule has 4 amide bonds. The Bertz CT molecular complexity index is 1020. The summed E-state index contributed by atoms with van der Waals surface area (Å²) in [5.41, 5.74) is 0.801. The number of hydrogen-bond donors (Lipinski definition) is 5. The van der Waals surface area contributed by atoms with E-state index in [4.69, 9.17) is 4.74 Å². The first-order chi connectivity index (χ1) is 18.7. The molecule has 226 valence electrons. The average Bonchev–Trinajstić information content (AvgIpc) is 2.89. The van der Waals surface area contributed by atoms with E-state index in [1.54, 1.807) is 6.92 Å². The number of nitrogens with zero attached hydrogens (tertiary/aromatic N) is 1. The Morgan fingerprint density at radius 1 is 0.875 bits per heavy atom. The van der Waals surface area contributed by atoms with Gasteiger partial charge in [0.25, 0.3) is 0 Å². The van der Waals surface area contributed by atoms with Gasteiger partial charge in [-0.3, -0.25) is 23.8 Å². The smallest absolute Gasteiger partial charge is 0.410 e. The minimum absolute atomic E-state index is 0.0441. The van der Waals surface area contributed by atoms with Crippen molar-refractivity contribution < 1.29 is 38.3 Å². The molecule has 12 nitrogen and oxygen atoms in total. The van der Waals surface area contributed by atoms with Crippen LogP contribution in [0.25, 0.3) is 0 Å². The topological polar surface area (TPSA) is 174 Å². The third-order valence-electron chi connectivity index (χ3n) is 6.23. The fourth-order valence-electron chi connectivity index (χ4n) is 3.88. The first-order valence-corrected chi connectivity index (χ1v) is 15.3. The highest BCUT2D eigenvalue weighted by Gasteiger charge is 2.34. The van der Waals surface area contributed by atoms with Gasteiger partial charge >= 0.3 is 13.7 Å². The van der Waals surface area contributed by atoms with Crippen molar-refractivity contribution in [3.05, 3.63) is 35.9 Å².